The number of benzene rings is 2. The van der Waals surface area contributed by atoms with Crippen molar-refractivity contribution in [2.45, 2.75) is 46.8 Å². The monoisotopic (exact) mass is 550 g/mol. The Bertz CT molecular complexity index is 1610. The van der Waals surface area contributed by atoms with Crippen molar-refractivity contribution in [1.29, 1.82) is 0 Å². The molecule has 0 bridgehead atoms. The first-order valence-corrected chi connectivity index (χ1v) is 13.3. The number of thiazole rings is 1. The number of methoxy groups -OCH3 is 1. The lowest BCUT2D eigenvalue weighted by Gasteiger charge is -2.25. The predicted molar refractivity (Wildman–Crippen MR) is 147 cm³/mol. The molecule has 0 saturated heterocycles. The van der Waals surface area contributed by atoms with Gasteiger partial charge in [-0.25, -0.2) is 9.79 Å². The molecule has 4 rings (SSSR count). The van der Waals surface area contributed by atoms with Gasteiger partial charge in [0.05, 0.1) is 41.7 Å². The van der Waals surface area contributed by atoms with Gasteiger partial charge in [0.1, 0.15) is 5.75 Å². The van der Waals surface area contributed by atoms with E-state index in [1.807, 2.05) is 19.1 Å². The number of fused-ring (bicyclic) bond motifs is 1. The molecule has 0 aliphatic carbocycles. The molecule has 0 spiro atoms. The summed E-state index contributed by atoms with van der Waals surface area (Å²) in [5.74, 6) is 0.355. The molecule has 0 fully saturated rings. The van der Waals surface area contributed by atoms with Gasteiger partial charge in [-0.1, -0.05) is 29.5 Å². The molecule has 0 saturated carbocycles. The van der Waals surface area contributed by atoms with Crippen LogP contribution in [0.4, 0.5) is 0 Å². The molecule has 2 aromatic carbocycles. The van der Waals surface area contributed by atoms with Gasteiger partial charge in [0.15, 0.2) is 16.3 Å². The number of carbonyl (C=O) groups excluding carboxylic acids is 2. The Morgan fingerprint density at radius 3 is 2.46 bits per heavy atom. The van der Waals surface area contributed by atoms with Crippen LogP contribution in [0.25, 0.3) is 6.08 Å². The van der Waals surface area contributed by atoms with Crippen LogP contribution in [0.3, 0.4) is 0 Å². The molecular weight excluding hydrogens is 520 g/mol. The SMILES string of the molecule is CCOc1cc(/C=c2/sc3n(c2=O)C(c2ccc(OC)cc2)C(C(=O)OC(C)C)=C(C)N=3)ccc1OC(C)=O. The maximum Gasteiger partial charge on any atom is 0.338 e. The lowest BCUT2D eigenvalue weighted by Crippen LogP contribution is -2.40. The minimum absolute atomic E-state index is 0.298. The normalized spacial score (nSPS) is 15.1. The number of rotatable bonds is 8. The highest BCUT2D eigenvalue weighted by Crippen LogP contribution is 2.32. The maximum absolute atomic E-state index is 13.8. The Morgan fingerprint density at radius 1 is 1.13 bits per heavy atom. The van der Waals surface area contributed by atoms with Crippen LogP contribution in [-0.4, -0.2) is 36.3 Å². The van der Waals surface area contributed by atoms with Crippen LogP contribution in [0.1, 0.15) is 51.8 Å². The number of nitrogens with zero attached hydrogens (tertiary/aromatic N) is 2. The fourth-order valence-corrected chi connectivity index (χ4v) is 5.28. The van der Waals surface area contributed by atoms with Gasteiger partial charge in [-0.15, -0.1) is 0 Å². The van der Waals surface area contributed by atoms with Crippen LogP contribution < -0.4 is 29.1 Å². The van der Waals surface area contributed by atoms with Gasteiger partial charge in [-0.05, 0) is 69.2 Å². The second kappa shape index (κ2) is 11.7. The largest absolute Gasteiger partial charge is 0.497 e. The van der Waals surface area contributed by atoms with Crippen LogP contribution in [0.5, 0.6) is 17.2 Å². The van der Waals surface area contributed by atoms with Gasteiger partial charge in [-0.2, -0.15) is 0 Å². The van der Waals surface area contributed by atoms with Crippen molar-refractivity contribution in [3.8, 4) is 17.2 Å². The summed E-state index contributed by atoms with van der Waals surface area (Å²) < 4.78 is 23.7. The molecule has 9 nitrogen and oxygen atoms in total. The van der Waals surface area contributed by atoms with Gasteiger partial charge in [-0.3, -0.25) is 14.2 Å². The second-order valence-corrected chi connectivity index (χ2v) is 10.1. The van der Waals surface area contributed by atoms with E-state index >= 15 is 0 Å². The number of ether oxygens (including phenoxy) is 4. The number of aromatic nitrogens is 1. The van der Waals surface area contributed by atoms with Crippen molar-refractivity contribution in [2.24, 2.45) is 4.99 Å². The summed E-state index contributed by atoms with van der Waals surface area (Å²) in [7, 11) is 1.57. The Hall–Kier alpha value is -4.18. The van der Waals surface area contributed by atoms with E-state index in [1.165, 1.54) is 22.8 Å². The Morgan fingerprint density at radius 2 is 1.85 bits per heavy atom. The van der Waals surface area contributed by atoms with Crippen LogP contribution >= 0.6 is 11.3 Å². The molecule has 10 heteroatoms. The molecule has 2 heterocycles. The van der Waals surface area contributed by atoms with Crippen LogP contribution in [0.15, 0.2) is 63.5 Å². The zero-order valence-electron chi connectivity index (χ0n) is 22.6. The van der Waals surface area contributed by atoms with E-state index in [4.69, 9.17) is 18.9 Å². The van der Waals surface area contributed by atoms with Crippen molar-refractivity contribution in [1.82, 2.24) is 4.57 Å². The first-order chi connectivity index (χ1) is 18.6. The maximum atomic E-state index is 13.8. The summed E-state index contributed by atoms with van der Waals surface area (Å²) in [6, 6.07) is 11.5. The molecule has 1 atom stereocenters. The third-order valence-electron chi connectivity index (χ3n) is 5.83. The summed E-state index contributed by atoms with van der Waals surface area (Å²) in [6.45, 7) is 8.80. The second-order valence-electron chi connectivity index (χ2n) is 9.04. The molecule has 204 valence electrons. The summed E-state index contributed by atoms with van der Waals surface area (Å²) in [5, 5.41) is 0. The third-order valence-corrected chi connectivity index (χ3v) is 6.82. The summed E-state index contributed by atoms with van der Waals surface area (Å²) in [4.78, 5) is 43.6. The molecule has 39 heavy (non-hydrogen) atoms. The van der Waals surface area contributed by atoms with Crippen molar-refractivity contribution in [2.75, 3.05) is 13.7 Å². The molecule has 0 amide bonds. The number of hydrogen-bond acceptors (Lipinski definition) is 9. The molecule has 1 aromatic heterocycles. The molecule has 3 aromatic rings. The van der Waals surface area contributed by atoms with E-state index in [2.05, 4.69) is 4.99 Å². The number of hydrogen-bond donors (Lipinski definition) is 0. The molecule has 1 aliphatic heterocycles. The highest BCUT2D eigenvalue weighted by atomic mass is 32.1. The smallest absolute Gasteiger partial charge is 0.338 e. The quantitative estimate of drug-likeness (QED) is 0.312. The summed E-state index contributed by atoms with van der Waals surface area (Å²) in [5.41, 5.74) is 1.88. The van der Waals surface area contributed by atoms with E-state index in [9.17, 15) is 14.4 Å². The topological polar surface area (TPSA) is 105 Å². The number of carbonyl (C=O) groups is 2. The van der Waals surface area contributed by atoms with Crippen molar-refractivity contribution < 1.29 is 28.5 Å². The fraction of sp³-hybridized carbons (Fsp3) is 0.310. The average molecular weight is 551 g/mol. The number of allylic oxidation sites excluding steroid dienone is 1. The lowest BCUT2D eigenvalue weighted by atomic mass is 9.96. The fourth-order valence-electron chi connectivity index (χ4n) is 4.24. The third kappa shape index (κ3) is 5.96. The van der Waals surface area contributed by atoms with E-state index < -0.39 is 18.0 Å². The van der Waals surface area contributed by atoms with Crippen LogP contribution in [0.2, 0.25) is 0 Å². The summed E-state index contributed by atoms with van der Waals surface area (Å²) in [6.07, 6.45) is 1.38. The van der Waals surface area contributed by atoms with Gasteiger partial charge in [0, 0.05) is 6.92 Å². The molecule has 1 unspecified atom stereocenters. The van der Waals surface area contributed by atoms with Gasteiger partial charge in [0.2, 0.25) is 0 Å². The van der Waals surface area contributed by atoms with Crippen LogP contribution in [0, 0.1) is 0 Å². The highest BCUT2D eigenvalue weighted by molar-refractivity contribution is 7.07. The number of esters is 2. The highest BCUT2D eigenvalue weighted by Gasteiger charge is 2.33. The first kappa shape index (κ1) is 27.8. The molecular formula is C29H30N2O7S. The minimum atomic E-state index is -0.731. The zero-order chi connectivity index (χ0) is 28.3. The first-order valence-electron chi connectivity index (χ1n) is 12.5. The van der Waals surface area contributed by atoms with Gasteiger partial charge >= 0.3 is 11.9 Å². The lowest BCUT2D eigenvalue weighted by molar-refractivity contribution is -0.143. The minimum Gasteiger partial charge on any atom is -0.497 e. The van der Waals surface area contributed by atoms with E-state index in [-0.39, 0.29) is 11.7 Å². The van der Waals surface area contributed by atoms with Crippen molar-refractivity contribution in [3.05, 3.63) is 84.5 Å². The molecule has 0 radical (unpaired) electrons. The van der Waals surface area contributed by atoms with Crippen molar-refractivity contribution >= 4 is 29.4 Å². The zero-order valence-corrected chi connectivity index (χ0v) is 23.5. The average Bonchev–Trinajstić information content (AvgIpc) is 3.18. The molecule has 0 N–H and O–H groups in total. The van der Waals surface area contributed by atoms with E-state index in [0.717, 1.165) is 5.56 Å². The van der Waals surface area contributed by atoms with E-state index in [1.54, 1.807) is 64.3 Å². The van der Waals surface area contributed by atoms with Crippen molar-refractivity contribution in [3.63, 3.8) is 0 Å². The standard InChI is InChI=1S/C29H30N2O7S/c1-7-36-23-14-19(8-13-22(23)38-18(5)32)15-24-27(33)31-26(20-9-11-21(35-6)12-10-20)25(28(34)37-16(2)3)17(4)30-29(31)39-24/h8-16,26H,7H2,1-6H3/b24-15+. The van der Waals surface area contributed by atoms with E-state index in [0.29, 0.717) is 50.0 Å². The Kier molecular flexibility index (Phi) is 8.35. The van der Waals surface area contributed by atoms with Gasteiger partial charge < -0.3 is 18.9 Å². The Balaban J connectivity index is 1.88. The Labute approximate surface area is 229 Å². The molecule has 1 aliphatic rings. The summed E-state index contributed by atoms with van der Waals surface area (Å²) >= 11 is 1.22. The predicted octanol–water partition coefficient (Wildman–Crippen LogP) is 3.52. The van der Waals surface area contributed by atoms with Gasteiger partial charge in [0.25, 0.3) is 5.56 Å². The van der Waals surface area contributed by atoms with Crippen LogP contribution in [-0.2, 0) is 14.3 Å².